The molecule has 0 bridgehead atoms. The summed E-state index contributed by atoms with van der Waals surface area (Å²) in [5, 5.41) is 13.3. The molecule has 4 nitrogen and oxygen atoms in total. The zero-order valence-electron chi connectivity index (χ0n) is 13.8. The Morgan fingerprint density at radius 3 is 2.50 bits per heavy atom. The van der Waals surface area contributed by atoms with Gasteiger partial charge in [-0.05, 0) is 35.4 Å². The maximum absolute atomic E-state index is 6.39. The van der Waals surface area contributed by atoms with Gasteiger partial charge < -0.3 is 5.32 Å². The third kappa shape index (κ3) is 5.32. The van der Waals surface area contributed by atoms with Gasteiger partial charge in [-0.3, -0.25) is 4.68 Å². The first-order valence-corrected chi connectivity index (χ1v) is 9.20. The standard InChI is InChI=1S/C19H17Cl3N4/c20-15-5-3-14(4-6-15)2-1-9-23-19(13-26-11-10-24-25-26)17-8-7-16(21)12-18(17)22/h1-8,10-12,19,23H,9,13H2. The first-order valence-electron chi connectivity index (χ1n) is 8.06. The van der Waals surface area contributed by atoms with Crippen molar-refractivity contribution in [3.8, 4) is 0 Å². The van der Waals surface area contributed by atoms with Gasteiger partial charge in [-0.2, -0.15) is 0 Å². The van der Waals surface area contributed by atoms with Gasteiger partial charge in [0.25, 0.3) is 0 Å². The number of hydrogen-bond acceptors (Lipinski definition) is 3. The third-order valence-electron chi connectivity index (χ3n) is 3.84. The summed E-state index contributed by atoms with van der Waals surface area (Å²) in [5.74, 6) is 0. The topological polar surface area (TPSA) is 42.7 Å². The summed E-state index contributed by atoms with van der Waals surface area (Å²) >= 11 is 18.3. The molecule has 0 aliphatic rings. The molecule has 3 aromatic rings. The van der Waals surface area contributed by atoms with Gasteiger partial charge in [-0.15, -0.1) is 5.10 Å². The number of nitrogens with zero attached hydrogens (tertiary/aromatic N) is 3. The summed E-state index contributed by atoms with van der Waals surface area (Å²) in [6.07, 6.45) is 7.57. The Hall–Kier alpha value is -1.85. The highest BCUT2D eigenvalue weighted by Crippen LogP contribution is 2.27. The lowest BCUT2D eigenvalue weighted by Crippen LogP contribution is -2.26. The number of halogens is 3. The smallest absolute Gasteiger partial charge is 0.0692 e. The Bertz CT molecular complexity index is 861. The van der Waals surface area contributed by atoms with Crippen LogP contribution < -0.4 is 5.32 Å². The molecule has 7 heteroatoms. The molecule has 3 rings (SSSR count). The van der Waals surface area contributed by atoms with E-state index in [-0.39, 0.29) is 6.04 Å². The summed E-state index contributed by atoms with van der Waals surface area (Å²) in [6.45, 7) is 1.27. The molecular formula is C19H17Cl3N4. The molecule has 0 aliphatic heterocycles. The van der Waals surface area contributed by atoms with Crippen LogP contribution in [0.2, 0.25) is 15.1 Å². The van der Waals surface area contributed by atoms with Crippen LogP contribution in [0.4, 0.5) is 0 Å². The SMILES string of the molecule is Clc1ccc(C=CCNC(Cn2ccnn2)c2ccc(Cl)cc2Cl)cc1. The largest absolute Gasteiger partial charge is 0.305 e. The fraction of sp³-hybridized carbons (Fsp3) is 0.158. The Balaban J connectivity index is 1.70. The lowest BCUT2D eigenvalue weighted by atomic mass is 10.1. The molecule has 0 fully saturated rings. The molecule has 2 aromatic carbocycles. The van der Waals surface area contributed by atoms with Crippen LogP contribution in [0.5, 0.6) is 0 Å². The summed E-state index contributed by atoms with van der Waals surface area (Å²) in [4.78, 5) is 0. The second kappa shape index (κ2) is 9.19. The molecule has 0 saturated carbocycles. The van der Waals surface area contributed by atoms with Gasteiger partial charge in [0.1, 0.15) is 0 Å². The van der Waals surface area contributed by atoms with Crippen molar-refractivity contribution < 1.29 is 0 Å². The fourth-order valence-corrected chi connectivity index (χ4v) is 3.22. The number of rotatable bonds is 7. The molecule has 0 radical (unpaired) electrons. The molecule has 134 valence electrons. The summed E-state index contributed by atoms with van der Waals surface area (Å²) in [7, 11) is 0. The fourth-order valence-electron chi connectivity index (χ4n) is 2.55. The van der Waals surface area contributed by atoms with E-state index in [1.165, 1.54) is 0 Å². The van der Waals surface area contributed by atoms with Crippen LogP contribution in [0, 0.1) is 0 Å². The maximum atomic E-state index is 6.39. The first kappa shape index (κ1) is 18.9. The van der Waals surface area contributed by atoms with Gasteiger partial charge >= 0.3 is 0 Å². The highest BCUT2D eigenvalue weighted by Gasteiger charge is 2.15. The monoisotopic (exact) mass is 406 g/mol. The molecule has 1 N–H and O–H groups in total. The normalized spacial score (nSPS) is 12.6. The molecular weight excluding hydrogens is 391 g/mol. The van der Waals surface area contributed by atoms with Gasteiger partial charge in [-0.1, -0.05) is 70.4 Å². The van der Waals surface area contributed by atoms with Crippen LogP contribution in [0.15, 0.2) is 60.9 Å². The molecule has 1 unspecified atom stereocenters. The van der Waals surface area contributed by atoms with E-state index in [1.54, 1.807) is 16.9 Å². The Kier molecular flexibility index (Phi) is 6.69. The molecule has 0 aliphatic carbocycles. The van der Waals surface area contributed by atoms with Crippen LogP contribution in [-0.2, 0) is 6.54 Å². The molecule has 1 heterocycles. The minimum Gasteiger partial charge on any atom is -0.305 e. The van der Waals surface area contributed by atoms with E-state index >= 15 is 0 Å². The quantitative estimate of drug-likeness (QED) is 0.579. The maximum Gasteiger partial charge on any atom is 0.0692 e. The first-order chi connectivity index (χ1) is 12.6. The van der Waals surface area contributed by atoms with E-state index in [1.807, 2.05) is 48.7 Å². The van der Waals surface area contributed by atoms with E-state index in [2.05, 4.69) is 21.7 Å². The van der Waals surface area contributed by atoms with E-state index < -0.39 is 0 Å². The second-order valence-electron chi connectivity index (χ2n) is 5.71. The van der Waals surface area contributed by atoms with Crippen molar-refractivity contribution in [2.75, 3.05) is 6.54 Å². The molecule has 1 aromatic heterocycles. The molecule has 0 amide bonds. The Morgan fingerprint density at radius 1 is 1.04 bits per heavy atom. The van der Waals surface area contributed by atoms with Crippen LogP contribution in [0.1, 0.15) is 17.2 Å². The molecule has 26 heavy (non-hydrogen) atoms. The van der Waals surface area contributed by atoms with Crippen molar-refractivity contribution in [2.45, 2.75) is 12.6 Å². The lowest BCUT2D eigenvalue weighted by molar-refractivity contribution is 0.447. The zero-order valence-corrected chi connectivity index (χ0v) is 16.1. The Labute approximate surface area is 167 Å². The van der Waals surface area contributed by atoms with Crippen molar-refractivity contribution in [3.05, 3.63) is 87.1 Å². The van der Waals surface area contributed by atoms with E-state index in [4.69, 9.17) is 34.8 Å². The molecule has 0 spiro atoms. The van der Waals surface area contributed by atoms with Gasteiger partial charge in [0.2, 0.25) is 0 Å². The number of hydrogen-bond donors (Lipinski definition) is 1. The third-order valence-corrected chi connectivity index (χ3v) is 4.66. The predicted octanol–water partition coefficient (Wildman–Crippen LogP) is 5.28. The van der Waals surface area contributed by atoms with Crippen molar-refractivity contribution in [2.24, 2.45) is 0 Å². The minimum atomic E-state index is -0.0312. The summed E-state index contributed by atoms with van der Waals surface area (Å²) in [6, 6.07) is 13.2. The number of nitrogens with one attached hydrogen (secondary N) is 1. The van der Waals surface area contributed by atoms with Crippen LogP contribution in [0.25, 0.3) is 6.08 Å². The molecule has 1 atom stereocenters. The average molecular weight is 408 g/mol. The number of aromatic nitrogens is 3. The highest BCUT2D eigenvalue weighted by atomic mass is 35.5. The highest BCUT2D eigenvalue weighted by molar-refractivity contribution is 6.35. The van der Waals surface area contributed by atoms with E-state index in [9.17, 15) is 0 Å². The van der Waals surface area contributed by atoms with E-state index in [0.717, 1.165) is 16.1 Å². The van der Waals surface area contributed by atoms with Gasteiger partial charge in [-0.25, -0.2) is 0 Å². The van der Waals surface area contributed by atoms with E-state index in [0.29, 0.717) is 23.1 Å². The summed E-state index contributed by atoms with van der Waals surface area (Å²) < 4.78 is 1.77. The lowest BCUT2D eigenvalue weighted by Gasteiger charge is -2.19. The van der Waals surface area contributed by atoms with Gasteiger partial charge in [0.05, 0.1) is 18.8 Å². The minimum absolute atomic E-state index is 0.0312. The predicted molar refractivity (Wildman–Crippen MR) is 108 cm³/mol. The van der Waals surface area contributed by atoms with Crippen LogP contribution in [0.3, 0.4) is 0 Å². The van der Waals surface area contributed by atoms with Crippen molar-refractivity contribution >= 4 is 40.9 Å². The Morgan fingerprint density at radius 2 is 1.81 bits per heavy atom. The van der Waals surface area contributed by atoms with Crippen LogP contribution >= 0.6 is 34.8 Å². The molecule has 0 saturated heterocycles. The van der Waals surface area contributed by atoms with Gasteiger partial charge in [0, 0.05) is 27.8 Å². The number of benzene rings is 2. The van der Waals surface area contributed by atoms with Crippen molar-refractivity contribution in [1.82, 2.24) is 20.3 Å². The average Bonchev–Trinajstić information content (AvgIpc) is 3.12. The van der Waals surface area contributed by atoms with Crippen LogP contribution in [-0.4, -0.2) is 21.5 Å². The second-order valence-corrected chi connectivity index (χ2v) is 6.99. The zero-order chi connectivity index (χ0) is 18.4. The summed E-state index contributed by atoms with van der Waals surface area (Å²) in [5.41, 5.74) is 2.06. The van der Waals surface area contributed by atoms with Crippen molar-refractivity contribution in [3.63, 3.8) is 0 Å². The van der Waals surface area contributed by atoms with Crippen molar-refractivity contribution in [1.29, 1.82) is 0 Å². The van der Waals surface area contributed by atoms with Gasteiger partial charge in [0.15, 0.2) is 0 Å².